The van der Waals surface area contributed by atoms with Crippen LogP contribution in [0.5, 0.6) is 0 Å². The van der Waals surface area contributed by atoms with E-state index < -0.39 is 0 Å². The van der Waals surface area contributed by atoms with Gasteiger partial charge in [-0.3, -0.25) is 4.79 Å². The second-order valence-corrected chi connectivity index (χ2v) is 7.56. The highest BCUT2D eigenvalue weighted by Crippen LogP contribution is 2.24. The van der Waals surface area contributed by atoms with E-state index in [0.29, 0.717) is 18.0 Å². The van der Waals surface area contributed by atoms with Crippen molar-refractivity contribution in [3.8, 4) is 0 Å². The van der Waals surface area contributed by atoms with Crippen LogP contribution in [0.25, 0.3) is 10.8 Å². The fourth-order valence-electron chi connectivity index (χ4n) is 2.01. The van der Waals surface area contributed by atoms with Gasteiger partial charge in [-0.25, -0.2) is 0 Å². The summed E-state index contributed by atoms with van der Waals surface area (Å²) in [6.45, 7) is 6.43. The van der Waals surface area contributed by atoms with Gasteiger partial charge in [0.1, 0.15) is 5.78 Å². The third kappa shape index (κ3) is 4.10. The minimum atomic E-state index is 0.147. The molecule has 0 aliphatic carbocycles. The van der Waals surface area contributed by atoms with E-state index in [1.165, 1.54) is 10.8 Å². The lowest BCUT2D eigenvalue weighted by Gasteiger charge is -2.16. The Balaban J connectivity index is 2.11. The molecule has 2 aromatic carbocycles. The first kappa shape index (κ1) is 14.1. The zero-order valence-corrected chi connectivity index (χ0v) is 12.6. The van der Waals surface area contributed by atoms with Gasteiger partial charge in [0, 0.05) is 11.2 Å². The first-order chi connectivity index (χ1) is 8.96. The maximum absolute atomic E-state index is 12.1. The number of thioether (sulfide) groups is 1. The summed E-state index contributed by atoms with van der Waals surface area (Å²) in [6, 6.07) is 14.4. The standard InChI is InChI=1S/C17H20OS/c1-17(2,3)19-12-15(18)11-14-9-6-8-13-7-4-5-10-16(13)14/h4-10H,11-12H2,1-3H3. The molecule has 2 heteroatoms. The molecule has 0 bridgehead atoms. The summed E-state index contributed by atoms with van der Waals surface area (Å²) in [7, 11) is 0. The van der Waals surface area contributed by atoms with Crippen LogP contribution in [0.15, 0.2) is 42.5 Å². The van der Waals surface area contributed by atoms with Gasteiger partial charge in [-0.15, -0.1) is 11.8 Å². The predicted octanol–water partition coefficient (Wildman–Crippen LogP) is 4.48. The Kier molecular flexibility index (Phi) is 4.31. The van der Waals surface area contributed by atoms with Crippen molar-refractivity contribution >= 4 is 28.3 Å². The van der Waals surface area contributed by atoms with Crippen LogP contribution >= 0.6 is 11.8 Å². The lowest BCUT2D eigenvalue weighted by Crippen LogP contribution is -2.14. The van der Waals surface area contributed by atoms with E-state index in [0.717, 1.165) is 5.56 Å². The Bertz CT molecular complexity index is 576. The minimum absolute atomic E-state index is 0.147. The van der Waals surface area contributed by atoms with Crippen LogP contribution in [0.2, 0.25) is 0 Å². The molecule has 0 saturated heterocycles. The number of rotatable bonds is 4. The van der Waals surface area contributed by atoms with E-state index in [1.807, 2.05) is 18.2 Å². The van der Waals surface area contributed by atoms with Gasteiger partial charge >= 0.3 is 0 Å². The molecule has 1 nitrogen and oxygen atoms in total. The molecule has 0 fully saturated rings. The summed E-state index contributed by atoms with van der Waals surface area (Å²) >= 11 is 1.72. The van der Waals surface area contributed by atoms with Crippen LogP contribution in [0, 0.1) is 0 Å². The summed E-state index contributed by atoms with van der Waals surface area (Å²) in [5, 5.41) is 2.40. The molecule has 0 amide bonds. The molecule has 0 spiro atoms. The Morgan fingerprint density at radius 1 is 1.05 bits per heavy atom. The average Bonchev–Trinajstić information content (AvgIpc) is 2.36. The lowest BCUT2D eigenvalue weighted by molar-refractivity contribution is -0.116. The third-order valence-corrected chi connectivity index (χ3v) is 4.27. The molecule has 0 radical (unpaired) electrons. The molecule has 100 valence electrons. The van der Waals surface area contributed by atoms with Crippen LogP contribution in [0.1, 0.15) is 26.3 Å². The van der Waals surface area contributed by atoms with Crippen LogP contribution in [0.3, 0.4) is 0 Å². The lowest BCUT2D eigenvalue weighted by atomic mass is 10.0. The van der Waals surface area contributed by atoms with Crippen LogP contribution in [-0.2, 0) is 11.2 Å². The second kappa shape index (κ2) is 5.79. The Labute approximate surface area is 119 Å². The maximum Gasteiger partial charge on any atom is 0.147 e. The molecule has 0 aliphatic rings. The van der Waals surface area contributed by atoms with Gasteiger partial charge in [-0.2, -0.15) is 0 Å². The van der Waals surface area contributed by atoms with E-state index in [2.05, 4.69) is 45.0 Å². The number of ketones is 1. The number of hydrogen-bond donors (Lipinski definition) is 0. The molecule has 0 saturated carbocycles. The SMILES string of the molecule is CC(C)(C)SCC(=O)Cc1cccc2ccccc12. The smallest absolute Gasteiger partial charge is 0.147 e. The number of carbonyl (C=O) groups is 1. The van der Waals surface area contributed by atoms with Crippen LogP contribution in [0.4, 0.5) is 0 Å². The van der Waals surface area contributed by atoms with Crippen molar-refractivity contribution in [3.05, 3.63) is 48.0 Å². The highest BCUT2D eigenvalue weighted by molar-refractivity contribution is 8.01. The number of Topliss-reactive ketones (excluding diaryl/α,β-unsaturated/α-hetero) is 1. The molecule has 0 aromatic heterocycles. The molecular weight excluding hydrogens is 252 g/mol. The second-order valence-electron chi connectivity index (χ2n) is 5.75. The van der Waals surface area contributed by atoms with E-state index in [1.54, 1.807) is 11.8 Å². The average molecular weight is 272 g/mol. The summed E-state index contributed by atoms with van der Waals surface area (Å²) < 4.78 is 0.147. The van der Waals surface area contributed by atoms with Crippen molar-refractivity contribution in [1.82, 2.24) is 0 Å². The molecule has 0 aliphatic heterocycles. The van der Waals surface area contributed by atoms with Crippen molar-refractivity contribution < 1.29 is 4.79 Å². The van der Waals surface area contributed by atoms with E-state index >= 15 is 0 Å². The Hall–Kier alpha value is -1.28. The molecule has 0 N–H and O–H groups in total. The van der Waals surface area contributed by atoms with Gasteiger partial charge in [0.2, 0.25) is 0 Å². The quantitative estimate of drug-likeness (QED) is 0.816. The molecule has 0 unspecified atom stereocenters. The van der Waals surface area contributed by atoms with Crippen molar-refractivity contribution in [2.45, 2.75) is 31.9 Å². The van der Waals surface area contributed by atoms with Gasteiger partial charge in [0.05, 0.1) is 5.75 Å². The zero-order valence-electron chi connectivity index (χ0n) is 11.8. The summed E-state index contributed by atoms with van der Waals surface area (Å²) in [4.78, 5) is 12.1. The maximum atomic E-state index is 12.1. The van der Waals surface area contributed by atoms with Gasteiger partial charge < -0.3 is 0 Å². The van der Waals surface area contributed by atoms with Crippen LogP contribution in [-0.4, -0.2) is 16.3 Å². The van der Waals surface area contributed by atoms with Crippen LogP contribution < -0.4 is 0 Å². The number of benzene rings is 2. The first-order valence-electron chi connectivity index (χ1n) is 6.58. The number of hydrogen-bond acceptors (Lipinski definition) is 2. The molecule has 2 rings (SSSR count). The Morgan fingerprint density at radius 2 is 1.74 bits per heavy atom. The van der Waals surface area contributed by atoms with Gasteiger partial charge in [0.25, 0.3) is 0 Å². The van der Waals surface area contributed by atoms with E-state index in [-0.39, 0.29) is 4.75 Å². The fourth-order valence-corrected chi connectivity index (χ4v) is 2.70. The highest BCUT2D eigenvalue weighted by atomic mass is 32.2. The van der Waals surface area contributed by atoms with E-state index in [9.17, 15) is 4.79 Å². The third-order valence-electron chi connectivity index (χ3n) is 2.93. The minimum Gasteiger partial charge on any atom is -0.298 e. The topological polar surface area (TPSA) is 17.1 Å². The van der Waals surface area contributed by atoms with Gasteiger partial charge in [0.15, 0.2) is 0 Å². The van der Waals surface area contributed by atoms with Crippen molar-refractivity contribution in [1.29, 1.82) is 0 Å². The molecule has 0 atom stereocenters. The Morgan fingerprint density at radius 3 is 2.47 bits per heavy atom. The van der Waals surface area contributed by atoms with E-state index in [4.69, 9.17) is 0 Å². The number of carbonyl (C=O) groups excluding carboxylic acids is 1. The van der Waals surface area contributed by atoms with Gasteiger partial charge in [-0.05, 0) is 16.3 Å². The highest BCUT2D eigenvalue weighted by Gasteiger charge is 2.14. The summed E-state index contributed by atoms with van der Waals surface area (Å²) in [5.74, 6) is 0.892. The summed E-state index contributed by atoms with van der Waals surface area (Å²) in [5.41, 5.74) is 1.14. The fraction of sp³-hybridized carbons (Fsp3) is 0.353. The number of fused-ring (bicyclic) bond motifs is 1. The largest absolute Gasteiger partial charge is 0.298 e. The van der Waals surface area contributed by atoms with Gasteiger partial charge in [-0.1, -0.05) is 63.2 Å². The van der Waals surface area contributed by atoms with Crippen molar-refractivity contribution in [2.24, 2.45) is 0 Å². The molecule has 2 aromatic rings. The van der Waals surface area contributed by atoms with Crippen molar-refractivity contribution in [3.63, 3.8) is 0 Å². The first-order valence-corrected chi connectivity index (χ1v) is 7.56. The monoisotopic (exact) mass is 272 g/mol. The normalized spacial score (nSPS) is 11.7. The summed E-state index contributed by atoms with van der Waals surface area (Å²) in [6.07, 6.45) is 0.532. The molecular formula is C17H20OS. The molecule has 19 heavy (non-hydrogen) atoms. The predicted molar refractivity (Wildman–Crippen MR) is 84.9 cm³/mol. The molecule has 0 heterocycles. The zero-order chi connectivity index (χ0) is 13.9. The van der Waals surface area contributed by atoms with Crippen molar-refractivity contribution in [2.75, 3.05) is 5.75 Å².